The van der Waals surface area contributed by atoms with Gasteiger partial charge in [0, 0.05) is 58.3 Å². The summed E-state index contributed by atoms with van der Waals surface area (Å²) in [7, 11) is 3.54. The second kappa shape index (κ2) is 7.59. The van der Waals surface area contributed by atoms with E-state index in [2.05, 4.69) is 20.4 Å². The Bertz CT molecular complexity index is 680. The quantitative estimate of drug-likeness (QED) is 0.754. The molecule has 2 aromatic heterocycles. The summed E-state index contributed by atoms with van der Waals surface area (Å²) in [6.45, 7) is 3.88. The number of ether oxygens (including phenoxy) is 1. The Balaban J connectivity index is 1.71. The Morgan fingerprint density at radius 1 is 1.42 bits per heavy atom. The van der Waals surface area contributed by atoms with Crippen LogP contribution in [0.4, 0.5) is 0 Å². The molecule has 0 aromatic carbocycles. The lowest BCUT2D eigenvalue weighted by atomic mass is 10.1. The van der Waals surface area contributed by atoms with Crippen LogP contribution in [0, 0.1) is 5.92 Å². The summed E-state index contributed by atoms with van der Waals surface area (Å²) < 4.78 is 8.73. The van der Waals surface area contributed by atoms with Crippen molar-refractivity contribution in [1.82, 2.24) is 29.8 Å². The van der Waals surface area contributed by atoms with Crippen LogP contribution in [0.2, 0.25) is 0 Å². The molecule has 0 saturated carbocycles. The number of nitrogens with one attached hydrogen (secondary N) is 1. The van der Waals surface area contributed by atoms with Crippen LogP contribution >= 0.6 is 0 Å². The van der Waals surface area contributed by atoms with Crippen LogP contribution in [0.3, 0.4) is 0 Å². The third-order valence-corrected chi connectivity index (χ3v) is 4.20. The number of hydrogen-bond acceptors (Lipinski definition) is 5. The summed E-state index contributed by atoms with van der Waals surface area (Å²) in [5.41, 5.74) is 2.27. The van der Waals surface area contributed by atoms with E-state index in [1.165, 1.54) is 0 Å². The minimum atomic E-state index is -0.139. The number of aryl methyl sites for hydroxylation is 1. The second-order valence-electron chi connectivity index (χ2n) is 6.18. The van der Waals surface area contributed by atoms with E-state index in [0.29, 0.717) is 26.2 Å². The number of carbonyl (C=O) groups is 1. The summed E-state index contributed by atoms with van der Waals surface area (Å²) in [5.74, 6) is -0.0914. The highest BCUT2D eigenvalue weighted by Gasteiger charge is 2.27. The van der Waals surface area contributed by atoms with E-state index in [9.17, 15) is 4.79 Å². The van der Waals surface area contributed by atoms with Gasteiger partial charge in [-0.05, 0) is 6.07 Å². The first-order chi connectivity index (χ1) is 11.7. The maximum Gasteiger partial charge on any atom is 0.226 e. The number of hydrogen-bond donors (Lipinski definition) is 1. The second-order valence-corrected chi connectivity index (χ2v) is 6.18. The molecular weight excluding hydrogens is 308 g/mol. The van der Waals surface area contributed by atoms with Crippen molar-refractivity contribution in [3.8, 4) is 0 Å². The molecule has 2 aromatic rings. The van der Waals surface area contributed by atoms with Gasteiger partial charge in [-0.25, -0.2) is 0 Å². The Morgan fingerprint density at radius 2 is 2.29 bits per heavy atom. The summed E-state index contributed by atoms with van der Waals surface area (Å²) in [4.78, 5) is 14.8. The number of carbonyl (C=O) groups excluding carboxylic acids is 1. The minimum absolute atomic E-state index is 0.0478. The standard InChI is InChI=1S/C16H24N6O2/c1-20-8-13(7-19-20)9-21-10-14(16(23)17-5-6-24-2)11-22-15(12-21)3-4-18-22/h3-4,7-8,14H,5-6,9-12H2,1-2H3,(H,17,23). The van der Waals surface area contributed by atoms with Gasteiger partial charge in [0.2, 0.25) is 5.91 Å². The van der Waals surface area contributed by atoms with Crippen molar-refractivity contribution in [2.24, 2.45) is 13.0 Å². The number of amides is 1. The zero-order valence-electron chi connectivity index (χ0n) is 14.2. The van der Waals surface area contributed by atoms with Gasteiger partial charge in [-0.3, -0.25) is 19.1 Å². The third-order valence-electron chi connectivity index (χ3n) is 4.20. The molecule has 3 rings (SSSR count). The molecule has 130 valence electrons. The first-order valence-corrected chi connectivity index (χ1v) is 8.13. The van der Waals surface area contributed by atoms with Gasteiger partial charge in [0.25, 0.3) is 0 Å². The van der Waals surface area contributed by atoms with Crippen molar-refractivity contribution >= 4 is 5.91 Å². The molecule has 1 unspecified atom stereocenters. The summed E-state index contributed by atoms with van der Waals surface area (Å²) in [6, 6.07) is 2.02. The van der Waals surface area contributed by atoms with Crippen molar-refractivity contribution in [3.63, 3.8) is 0 Å². The Kier molecular flexibility index (Phi) is 5.27. The molecule has 1 aliphatic rings. The maximum absolute atomic E-state index is 12.5. The van der Waals surface area contributed by atoms with Gasteiger partial charge in [-0.15, -0.1) is 0 Å². The van der Waals surface area contributed by atoms with E-state index < -0.39 is 0 Å². The van der Waals surface area contributed by atoms with Crippen molar-refractivity contribution < 1.29 is 9.53 Å². The topological polar surface area (TPSA) is 77.2 Å². The maximum atomic E-state index is 12.5. The first-order valence-electron chi connectivity index (χ1n) is 8.13. The Labute approximate surface area is 141 Å². The molecule has 0 fully saturated rings. The smallest absolute Gasteiger partial charge is 0.226 e. The molecule has 8 heteroatoms. The van der Waals surface area contributed by atoms with E-state index >= 15 is 0 Å². The number of rotatable bonds is 6. The van der Waals surface area contributed by atoms with Gasteiger partial charge in [0.1, 0.15) is 0 Å². The molecule has 0 aliphatic carbocycles. The highest BCUT2D eigenvalue weighted by molar-refractivity contribution is 5.78. The number of fused-ring (bicyclic) bond motifs is 1. The summed E-state index contributed by atoms with van der Waals surface area (Å²) >= 11 is 0. The molecule has 3 heterocycles. The number of nitrogens with zero attached hydrogens (tertiary/aromatic N) is 5. The lowest BCUT2D eigenvalue weighted by Gasteiger charge is -2.22. The van der Waals surface area contributed by atoms with E-state index in [-0.39, 0.29) is 11.8 Å². The van der Waals surface area contributed by atoms with Crippen LogP contribution in [0.5, 0.6) is 0 Å². The van der Waals surface area contributed by atoms with Crippen LogP contribution < -0.4 is 5.32 Å². The fourth-order valence-electron chi connectivity index (χ4n) is 3.05. The fraction of sp³-hybridized carbons (Fsp3) is 0.562. The largest absolute Gasteiger partial charge is 0.383 e. The molecule has 1 N–H and O–H groups in total. The molecule has 1 amide bonds. The molecule has 0 bridgehead atoms. The van der Waals surface area contributed by atoms with E-state index in [1.807, 2.05) is 30.2 Å². The van der Waals surface area contributed by atoms with Gasteiger partial charge >= 0.3 is 0 Å². The zero-order chi connectivity index (χ0) is 16.9. The van der Waals surface area contributed by atoms with Crippen molar-refractivity contribution in [1.29, 1.82) is 0 Å². The van der Waals surface area contributed by atoms with E-state index in [0.717, 1.165) is 24.3 Å². The van der Waals surface area contributed by atoms with Crippen LogP contribution in [-0.2, 0) is 36.2 Å². The van der Waals surface area contributed by atoms with E-state index in [4.69, 9.17) is 4.74 Å². The monoisotopic (exact) mass is 332 g/mol. The molecule has 1 aliphatic heterocycles. The molecular formula is C16H24N6O2. The molecule has 0 radical (unpaired) electrons. The highest BCUT2D eigenvalue weighted by Crippen LogP contribution is 2.18. The van der Waals surface area contributed by atoms with Gasteiger partial charge in [-0.1, -0.05) is 0 Å². The Hall–Kier alpha value is -2.19. The Morgan fingerprint density at radius 3 is 3.04 bits per heavy atom. The normalized spacial score (nSPS) is 18.2. The highest BCUT2D eigenvalue weighted by atomic mass is 16.5. The van der Waals surface area contributed by atoms with Crippen LogP contribution in [-0.4, -0.2) is 57.2 Å². The van der Waals surface area contributed by atoms with Crippen molar-refractivity contribution in [2.75, 3.05) is 26.8 Å². The number of methoxy groups -OCH3 is 1. The van der Waals surface area contributed by atoms with Gasteiger partial charge in [0.15, 0.2) is 0 Å². The molecule has 8 nitrogen and oxygen atoms in total. The van der Waals surface area contributed by atoms with Crippen molar-refractivity contribution in [3.05, 3.63) is 35.9 Å². The minimum Gasteiger partial charge on any atom is -0.383 e. The first kappa shape index (κ1) is 16.7. The SMILES string of the molecule is COCCNC(=O)C1CN(Cc2cnn(C)c2)Cc2ccnn2C1. The third kappa shape index (κ3) is 4.01. The van der Waals surface area contributed by atoms with E-state index in [1.54, 1.807) is 18.0 Å². The zero-order valence-corrected chi connectivity index (χ0v) is 14.2. The average molecular weight is 332 g/mol. The van der Waals surface area contributed by atoms with Gasteiger partial charge < -0.3 is 10.1 Å². The molecule has 1 atom stereocenters. The fourth-order valence-corrected chi connectivity index (χ4v) is 3.05. The summed E-state index contributed by atoms with van der Waals surface area (Å²) in [6.07, 6.45) is 5.68. The summed E-state index contributed by atoms with van der Waals surface area (Å²) in [5, 5.41) is 11.5. The molecule has 24 heavy (non-hydrogen) atoms. The van der Waals surface area contributed by atoms with Crippen LogP contribution in [0.15, 0.2) is 24.7 Å². The van der Waals surface area contributed by atoms with Crippen molar-refractivity contribution in [2.45, 2.75) is 19.6 Å². The van der Waals surface area contributed by atoms with Gasteiger partial charge in [0.05, 0.1) is 31.0 Å². The predicted molar refractivity (Wildman–Crippen MR) is 87.9 cm³/mol. The molecule has 0 saturated heterocycles. The van der Waals surface area contributed by atoms with Gasteiger partial charge in [-0.2, -0.15) is 10.2 Å². The molecule has 0 spiro atoms. The van der Waals surface area contributed by atoms with Crippen LogP contribution in [0.25, 0.3) is 0 Å². The average Bonchev–Trinajstić information content (AvgIpc) is 3.12. The van der Waals surface area contributed by atoms with Crippen LogP contribution in [0.1, 0.15) is 11.3 Å². The lowest BCUT2D eigenvalue weighted by Crippen LogP contribution is -2.40. The lowest BCUT2D eigenvalue weighted by molar-refractivity contribution is -0.126. The number of aromatic nitrogens is 4. The predicted octanol–water partition coefficient (Wildman–Crippen LogP) is 0.0112.